The number of aryl methyl sites for hydroxylation is 2. The summed E-state index contributed by atoms with van der Waals surface area (Å²) in [6, 6.07) is 7.98. The molecule has 0 aliphatic heterocycles. The minimum Gasteiger partial charge on any atom is -0.383 e. The number of rotatable bonds is 6. The molecule has 1 aliphatic carbocycles. The Morgan fingerprint density at radius 3 is 3.00 bits per heavy atom. The third-order valence-electron chi connectivity index (χ3n) is 4.98. The molecule has 5 nitrogen and oxygen atoms in total. The van der Waals surface area contributed by atoms with E-state index < -0.39 is 5.60 Å². The van der Waals surface area contributed by atoms with Crippen LogP contribution in [0.5, 0.6) is 0 Å². The molecule has 25 heavy (non-hydrogen) atoms. The highest BCUT2D eigenvalue weighted by Gasteiger charge is 2.34. The van der Waals surface area contributed by atoms with Gasteiger partial charge in [-0.2, -0.15) is 0 Å². The quantitative estimate of drug-likeness (QED) is 0.849. The van der Waals surface area contributed by atoms with Gasteiger partial charge < -0.3 is 15.0 Å². The second-order valence-corrected chi connectivity index (χ2v) is 7.20. The Balaban J connectivity index is 1.57. The fraction of sp³-hybridized carbons (Fsp3) is 0.500. The van der Waals surface area contributed by atoms with Gasteiger partial charge in [0.15, 0.2) is 0 Å². The number of nitrogens with zero attached hydrogens (tertiary/aromatic N) is 2. The van der Waals surface area contributed by atoms with Gasteiger partial charge in [0, 0.05) is 31.3 Å². The predicted molar refractivity (Wildman–Crippen MR) is 97.2 cm³/mol. The van der Waals surface area contributed by atoms with E-state index in [1.165, 1.54) is 5.56 Å². The zero-order chi connectivity index (χ0) is 17.9. The maximum atomic E-state index is 12.3. The van der Waals surface area contributed by atoms with Gasteiger partial charge in [0.05, 0.1) is 6.54 Å². The summed E-state index contributed by atoms with van der Waals surface area (Å²) in [6.07, 6.45) is 6.68. The fourth-order valence-corrected chi connectivity index (χ4v) is 3.65. The van der Waals surface area contributed by atoms with Crippen LogP contribution < -0.4 is 5.32 Å². The fourth-order valence-electron chi connectivity index (χ4n) is 3.65. The van der Waals surface area contributed by atoms with E-state index in [4.69, 9.17) is 0 Å². The highest BCUT2D eigenvalue weighted by Crippen LogP contribution is 2.34. The first-order valence-electron chi connectivity index (χ1n) is 9.08. The van der Waals surface area contributed by atoms with Crippen molar-refractivity contribution in [3.63, 3.8) is 0 Å². The molecule has 0 fully saturated rings. The van der Waals surface area contributed by atoms with E-state index in [9.17, 15) is 9.90 Å². The average molecular weight is 341 g/mol. The van der Waals surface area contributed by atoms with E-state index in [0.29, 0.717) is 25.3 Å². The normalized spacial score (nSPS) is 19.7. The lowest BCUT2D eigenvalue weighted by atomic mass is 9.79. The number of fused-ring (bicyclic) bond motifs is 1. The van der Waals surface area contributed by atoms with Gasteiger partial charge in [0.2, 0.25) is 5.91 Å². The first-order valence-corrected chi connectivity index (χ1v) is 9.08. The summed E-state index contributed by atoms with van der Waals surface area (Å²) in [7, 11) is 0. The van der Waals surface area contributed by atoms with Crippen molar-refractivity contribution in [2.75, 3.05) is 6.54 Å². The molecule has 0 bridgehead atoms. The molecular formula is C20H27N3O2. The highest BCUT2D eigenvalue weighted by atomic mass is 16.3. The second-order valence-electron chi connectivity index (χ2n) is 7.20. The van der Waals surface area contributed by atoms with Crippen LogP contribution in [0, 0.1) is 0 Å². The van der Waals surface area contributed by atoms with E-state index in [1.54, 1.807) is 6.20 Å². The van der Waals surface area contributed by atoms with Crippen LogP contribution in [0.2, 0.25) is 0 Å². The Morgan fingerprint density at radius 1 is 1.40 bits per heavy atom. The maximum Gasteiger partial charge on any atom is 0.221 e. The number of carbonyl (C=O) groups is 1. The molecule has 134 valence electrons. The van der Waals surface area contributed by atoms with Gasteiger partial charge in [0.25, 0.3) is 0 Å². The summed E-state index contributed by atoms with van der Waals surface area (Å²) in [4.78, 5) is 16.6. The smallest absolute Gasteiger partial charge is 0.221 e. The van der Waals surface area contributed by atoms with E-state index in [0.717, 1.165) is 24.2 Å². The molecule has 1 amide bonds. The Kier molecular flexibility index (Phi) is 5.23. The number of imidazole rings is 1. The molecular weight excluding hydrogens is 314 g/mol. The lowest BCUT2D eigenvalue weighted by Crippen LogP contribution is -2.43. The van der Waals surface area contributed by atoms with Gasteiger partial charge in [0.1, 0.15) is 11.4 Å². The van der Waals surface area contributed by atoms with Gasteiger partial charge in [-0.1, -0.05) is 38.1 Å². The third-order valence-corrected chi connectivity index (χ3v) is 4.98. The summed E-state index contributed by atoms with van der Waals surface area (Å²) >= 11 is 0. The number of carbonyl (C=O) groups excluding carboxylic acids is 1. The predicted octanol–water partition coefficient (Wildman–Crippen LogP) is 2.74. The molecule has 0 saturated carbocycles. The molecule has 0 spiro atoms. The minimum absolute atomic E-state index is 0.0418. The van der Waals surface area contributed by atoms with Crippen molar-refractivity contribution in [2.45, 2.75) is 57.6 Å². The van der Waals surface area contributed by atoms with Crippen LogP contribution >= 0.6 is 0 Å². The number of hydrogen-bond donors (Lipinski definition) is 2. The molecule has 3 rings (SSSR count). The van der Waals surface area contributed by atoms with Crippen molar-refractivity contribution >= 4 is 5.91 Å². The van der Waals surface area contributed by atoms with Crippen LogP contribution in [-0.4, -0.2) is 27.1 Å². The molecule has 0 radical (unpaired) electrons. The standard InChI is InChI=1S/C20H27N3O2/c1-15(2)19-21-11-13-23(19)12-9-18(24)22-14-20(25)10-5-7-16-6-3-4-8-17(16)20/h3-4,6,8,11,13,15,25H,5,7,9-10,12,14H2,1-2H3,(H,22,24). The molecule has 1 aromatic heterocycles. The van der Waals surface area contributed by atoms with Gasteiger partial charge >= 0.3 is 0 Å². The second kappa shape index (κ2) is 7.40. The van der Waals surface area contributed by atoms with Crippen LogP contribution in [0.15, 0.2) is 36.7 Å². The van der Waals surface area contributed by atoms with Crippen LogP contribution in [0.1, 0.15) is 56.0 Å². The molecule has 1 unspecified atom stereocenters. The molecule has 5 heteroatoms. The number of aliphatic hydroxyl groups is 1. The van der Waals surface area contributed by atoms with Crippen molar-refractivity contribution in [3.8, 4) is 0 Å². The number of benzene rings is 1. The number of nitrogens with one attached hydrogen (secondary N) is 1. The minimum atomic E-state index is -0.956. The molecule has 1 aromatic carbocycles. The zero-order valence-corrected chi connectivity index (χ0v) is 15.0. The van der Waals surface area contributed by atoms with Gasteiger partial charge in [-0.15, -0.1) is 0 Å². The molecule has 2 N–H and O–H groups in total. The Morgan fingerprint density at radius 2 is 2.20 bits per heavy atom. The van der Waals surface area contributed by atoms with Crippen LogP contribution in [0.4, 0.5) is 0 Å². The molecule has 1 atom stereocenters. The van der Waals surface area contributed by atoms with Gasteiger partial charge in [-0.3, -0.25) is 4.79 Å². The average Bonchev–Trinajstić information content (AvgIpc) is 3.08. The summed E-state index contributed by atoms with van der Waals surface area (Å²) in [5.74, 6) is 1.28. The molecule has 0 saturated heterocycles. The topological polar surface area (TPSA) is 67.2 Å². The highest BCUT2D eigenvalue weighted by molar-refractivity contribution is 5.75. The lowest BCUT2D eigenvalue weighted by molar-refractivity contribution is -0.122. The monoisotopic (exact) mass is 341 g/mol. The molecule has 1 heterocycles. The number of amides is 1. The van der Waals surface area contributed by atoms with Crippen LogP contribution in [0.25, 0.3) is 0 Å². The number of hydrogen-bond acceptors (Lipinski definition) is 3. The Hall–Kier alpha value is -2.14. The number of aromatic nitrogens is 2. The SMILES string of the molecule is CC(C)c1nccn1CCC(=O)NCC1(O)CCCc2ccccc21. The Bertz CT molecular complexity index is 738. The van der Waals surface area contributed by atoms with E-state index in [1.807, 2.05) is 29.0 Å². The molecule has 1 aliphatic rings. The molecule has 2 aromatic rings. The van der Waals surface area contributed by atoms with Crippen LogP contribution in [-0.2, 0) is 23.4 Å². The lowest BCUT2D eigenvalue weighted by Gasteiger charge is -2.34. The maximum absolute atomic E-state index is 12.3. The summed E-state index contributed by atoms with van der Waals surface area (Å²) in [6.45, 7) is 5.06. The van der Waals surface area contributed by atoms with Crippen molar-refractivity contribution < 1.29 is 9.90 Å². The van der Waals surface area contributed by atoms with Crippen LogP contribution in [0.3, 0.4) is 0 Å². The van der Waals surface area contributed by atoms with Crippen molar-refractivity contribution in [1.29, 1.82) is 0 Å². The van der Waals surface area contributed by atoms with Crippen molar-refractivity contribution in [1.82, 2.24) is 14.9 Å². The van der Waals surface area contributed by atoms with Crippen molar-refractivity contribution in [3.05, 3.63) is 53.6 Å². The van der Waals surface area contributed by atoms with E-state index in [-0.39, 0.29) is 12.5 Å². The third kappa shape index (κ3) is 3.93. The first-order chi connectivity index (χ1) is 12.0. The van der Waals surface area contributed by atoms with E-state index in [2.05, 4.69) is 30.2 Å². The summed E-state index contributed by atoms with van der Waals surface area (Å²) in [5.41, 5.74) is 1.19. The Labute approximate surface area is 149 Å². The summed E-state index contributed by atoms with van der Waals surface area (Å²) in [5, 5.41) is 13.9. The van der Waals surface area contributed by atoms with E-state index >= 15 is 0 Å². The summed E-state index contributed by atoms with van der Waals surface area (Å²) < 4.78 is 2.02. The first kappa shape index (κ1) is 17.7. The zero-order valence-electron chi connectivity index (χ0n) is 15.0. The van der Waals surface area contributed by atoms with Crippen molar-refractivity contribution in [2.24, 2.45) is 0 Å². The largest absolute Gasteiger partial charge is 0.383 e. The van der Waals surface area contributed by atoms with Gasteiger partial charge in [-0.25, -0.2) is 4.98 Å². The van der Waals surface area contributed by atoms with Gasteiger partial charge in [-0.05, 0) is 30.4 Å².